The molecule has 0 spiro atoms. The van der Waals surface area contributed by atoms with Crippen LogP contribution in [0.3, 0.4) is 0 Å². The molecule has 0 aliphatic carbocycles. The first-order chi connectivity index (χ1) is 9.56. The second-order valence-corrected chi connectivity index (χ2v) is 4.49. The van der Waals surface area contributed by atoms with E-state index in [1.807, 2.05) is 0 Å². The number of anilines is 1. The number of piperidine rings is 1. The van der Waals surface area contributed by atoms with Crippen LogP contribution in [0.25, 0.3) is 0 Å². The summed E-state index contributed by atoms with van der Waals surface area (Å²) in [6.45, 7) is 0.382. The van der Waals surface area contributed by atoms with Gasteiger partial charge in [0.1, 0.15) is 0 Å². The molecule has 0 radical (unpaired) electrons. The van der Waals surface area contributed by atoms with Crippen molar-refractivity contribution in [1.82, 2.24) is 10.6 Å². The number of para-hydroxylation sites is 1. The SMILES string of the molecule is O=C1CCC(NC(=O)Nc2ccccc2C(=O)O)CN1. The van der Waals surface area contributed by atoms with Crippen LogP contribution in [0, 0.1) is 0 Å². The first-order valence-electron chi connectivity index (χ1n) is 6.23. The van der Waals surface area contributed by atoms with Gasteiger partial charge < -0.3 is 21.1 Å². The molecule has 2 rings (SSSR count). The maximum absolute atomic E-state index is 11.8. The van der Waals surface area contributed by atoms with Crippen LogP contribution in [-0.2, 0) is 4.79 Å². The van der Waals surface area contributed by atoms with Crippen molar-refractivity contribution in [3.63, 3.8) is 0 Å². The minimum Gasteiger partial charge on any atom is -0.478 e. The normalized spacial score (nSPS) is 18.0. The Morgan fingerprint density at radius 3 is 2.70 bits per heavy atom. The van der Waals surface area contributed by atoms with E-state index in [-0.39, 0.29) is 23.2 Å². The zero-order valence-electron chi connectivity index (χ0n) is 10.7. The first kappa shape index (κ1) is 13.9. The number of aromatic carboxylic acids is 1. The Balaban J connectivity index is 1.95. The summed E-state index contributed by atoms with van der Waals surface area (Å²) in [5.74, 6) is -1.13. The number of carbonyl (C=O) groups excluding carboxylic acids is 2. The lowest BCUT2D eigenvalue weighted by Gasteiger charge is -2.23. The van der Waals surface area contributed by atoms with E-state index in [1.54, 1.807) is 12.1 Å². The molecule has 0 aromatic heterocycles. The molecule has 1 aliphatic heterocycles. The van der Waals surface area contributed by atoms with E-state index < -0.39 is 12.0 Å². The molecule has 1 unspecified atom stereocenters. The largest absolute Gasteiger partial charge is 0.478 e. The fraction of sp³-hybridized carbons (Fsp3) is 0.308. The topological polar surface area (TPSA) is 108 Å². The lowest BCUT2D eigenvalue weighted by molar-refractivity contribution is -0.122. The summed E-state index contributed by atoms with van der Waals surface area (Å²) in [6, 6.07) is 5.53. The summed E-state index contributed by atoms with van der Waals surface area (Å²) in [4.78, 5) is 33.8. The number of hydrogen-bond donors (Lipinski definition) is 4. The number of carboxylic acids is 1. The number of hydrogen-bond acceptors (Lipinski definition) is 3. The summed E-state index contributed by atoms with van der Waals surface area (Å²) < 4.78 is 0. The number of urea groups is 1. The highest BCUT2D eigenvalue weighted by molar-refractivity contribution is 6.00. The molecule has 20 heavy (non-hydrogen) atoms. The predicted octanol–water partition coefficient (Wildman–Crippen LogP) is 0.785. The van der Waals surface area contributed by atoms with E-state index in [4.69, 9.17) is 5.11 Å². The van der Waals surface area contributed by atoms with Crippen molar-refractivity contribution in [2.45, 2.75) is 18.9 Å². The number of nitrogens with one attached hydrogen (secondary N) is 3. The molecule has 1 aromatic carbocycles. The third kappa shape index (κ3) is 3.47. The summed E-state index contributed by atoms with van der Waals surface area (Å²) in [5.41, 5.74) is 0.261. The van der Waals surface area contributed by atoms with E-state index in [1.165, 1.54) is 12.1 Å². The number of rotatable bonds is 3. The average Bonchev–Trinajstić information content (AvgIpc) is 2.41. The highest BCUT2D eigenvalue weighted by atomic mass is 16.4. The molecule has 4 N–H and O–H groups in total. The van der Waals surface area contributed by atoms with Gasteiger partial charge >= 0.3 is 12.0 Å². The molecule has 1 atom stereocenters. The maximum Gasteiger partial charge on any atom is 0.337 e. The van der Waals surface area contributed by atoms with Crippen LogP contribution in [0.15, 0.2) is 24.3 Å². The Morgan fingerprint density at radius 1 is 1.30 bits per heavy atom. The zero-order chi connectivity index (χ0) is 14.5. The standard InChI is InChI=1S/C13H15N3O4/c17-11-6-5-8(7-14-11)15-13(20)16-10-4-2-1-3-9(10)12(18)19/h1-4,8H,5-7H2,(H,14,17)(H,18,19)(H2,15,16,20). The van der Waals surface area contributed by atoms with Gasteiger partial charge in [0.15, 0.2) is 0 Å². The average molecular weight is 277 g/mol. The fourth-order valence-electron chi connectivity index (χ4n) is 1.98. The Bertz CT molecular complexity index is 534. The lowest BCUT2D eigenvalue weighted by Crippen LogP contribution is -2.49. The summed E-state index contributed by atoms with van der Waals surface area (Å²) >= 11 is 0. The van der Waals surface area contributed by atoms with Crippen LogP contribution in [0.4, 0.5) is 10.5 Å². The summed E-state index contributed by atoms with van der Waals surface area (Å²) in [7, 11) is 0. The highest BCUT2D eigenvalue weighted by Gasteiger charge is 2.20. The third-order valence-electron chi connectivity index (χ3n) is 3.01. The maximum atomic E-state index is 11.8. The van der Waals surface area contributed by atoms with E-state index in [0.717, 1.165) is 0 Å². The summed E-state index contributed by atoms with van der Waals surface area (Å²) in [5, 5.41) is 16.9. The molecule has 1 aliphatic rings. The molecule has 0 bridgehead atoms. The van der Waals surface area contributed by atoms with Crippen molar-refractivity contribution in [3.8, 4) is 0 Å². The van der Waals surface area contributed by atoms with Crippen LogP contribution in [-0.4, -0.2) is 35.6 Å². The number of benzene rings is 1. The quantitative estimate of drug-likeness (QED) is 0.655. The Kier molecular flexibility index (Phi) is 4.19. The van der Waals surface area contributed by atoms with Crippen molar-refractivity contribution in [3.05, 3.63) is 29.8 Å². The van der Waals surface area contributed by atoms with E-state index >= 15 is 0 Å². The third-order valence-corrected chi connectivity index (χ3v) is 3.01. The van der Waals surface area contributed by atoms with Crippen LogP contribution in [0.5, 0.6) is 0 Å². The zero-order valence-corrected chi connectivity index (χ0v) is 10.7. The minimum atomic E-state index is -1.11. The smallest absolute Gasteiger partial charge is 0.337 e. The van der Waals surface area contributed by atoms with Gasteiger partial charge in [-0.2, -0.15) is 0 Å². The molecule has 7 nitrogen and oxygen atoms in total. The van der Waals surface area contributed by atoms with Gasteiger partial charge in [-0.15, -0.1) is 0 Å². The molecule has 1 saturated heterocycles. The molecule has 1 fully saturated rings. The van der Waals surface area contributed by atoms with Gasteiger partial charge in [0.2, 0.25) is 5.91 Å². The molecular weight excluding hydrogens is 262 g/mol. The van der Waals surface area contributed by atoms with Crippen molar-refractivity contribution in [2.24, 2.45) is 0 Å². The van der Waals surface area contributed by atoms with Crippen molar-refractivity contribution >= 4 is 23.6 Å². The fourth-order valence-corrected chi connectivity index (χ4v) is 1.98. The van der Waals surface area contributed by atoms with Crippen molar-refractivity contribution in [2.75, 3.05) is 11.9 Å². The second-order valence-electron chi connectivity index (χ2n) is 4.49. The second kappa shape index (κ2) is 6.05. The van der Waals surface area contributed by atoms with Crippen molar-refractivity contribution in [1.29, 1.82) is 0 Å². The van der Waals surface area contributed by atoms with Gasteiger partial charge in [-0.25, -0.2) is 9.59 Å². The number of carbonyl (C=O) groups is 3. The van der Waals surface area contributed by atoms with Gasteiger partial charge in [-0.05, 0) is 18.6 Å². The van der Waals surface area contributed by atoms with Gasteiger partial charge in [0, 0.05) is 19.0 Å². The Labute approximate surface area is 115 Å². The summed E-state index contributed by atoms with van der Waals surface area (Å²) in [6.07, 6.45) is 0.941. The number of amides is 3. The Hall–Kier alpha value is -2.57. The molecule has 0 saturated carbocycles. The molecule has 1 heterocycles. The van der Waals surface area contributed by atoms with Gasteiger partial charge in [-0.1, -0.05) is 12.1 Å². The molecule has 3 amide bonds. The van der Waals surface area contributed by atoms with Crippen LogP contribution in [0.2, 0.25) is 0 Å². The predicted molar refractivity (Wildman–Crippen MR) is 71.6 cm³/mol. The van der Waals surface area contributed by atoms with E-state index in [0.29, 0.717) is 19.4 Å². The van der Waals surface area contributed by atoms with E-state index in [2.05, 4.69) is 16.0 Å². The Morgan fingerprint density at radius 2 is 2.05 bits per heavy atom. The number of carboxylic acid groups (broad SMARTS) is 1. The molecule has 1 aromatic rings. The lowest BCUT2D eigenvalue weighted by atomic mass is 10.1. The first-order valence-corrected chi connectivity index (χ1v) is 6.23. The van der Waals surface area contributed by atoms with Gasteiger partial charge in [-0.3, -0.25) is 4.79 Å². The minimum absolute atomic E-state index is 0.0274. The van der Waals surface area contributed by atoms with Crippen LogP contribution in [0.1, 0.15) is 23.2 Å². The highest BCUT2D eigenvalue weighted by Crippen LogP contribution is 2.14. The molecule has 106 valence electrons. The van der Waals surface area contributed by atoms with Crippen LogP contribution >= 0.6 is 0 Å². The van der Waals surface area contributed by atoms with Gasteiger partial charge in [0.05, 0.1) is 11.3 Å². The van der Waals surface area contributed by atoms with Crippen molar-refractivity contribution < 1.29 is 19.5 Å². The molecular formula is C13H15N3O4. The van der Waals surface area contributed by atoms with Crippen LogP contribution < -0.4 is 16.0 Å². The van der Waals surface area contributed by atoms with E-state index in [9.17, 15) is 14.4 Å². The van der Waals surface area contributed by atoms with Gasteiger partial charge in [0.25, 0.3) is 0 Å². The molecule has 7 heteroatoms. The monoisotopic (exact) mass is 277 g/mol.